The van der Waals surface area contributed by atoms with E-state index in [1.165, 1.54) is 46.5 Å². The van der Waals surface area contributed by atoms with Gasteiger partial charge in [-0.05, 0) is 180 Å². The van der Waals surface area contributed by atoms with E-state index in [0.717, 1.165) is 59.1 Å². The molecule has 0 heterocycles. The van der Waals surface area contributed by atoms with E-state index < -0.39 is 23.1 Å². The summed E-state index contributed by atoms with van der Waals surface area (Å²) in [7, 11) is 0. The number of ether oxygens (including phenoxy) is 1. The largest absolute Gasteiger partial charge is 0.457 e. The Morgan fingerprint density at radius 3 is 0.958 bits per heavy atom. The van der Waals surface area contributed by atoms with Crippen molar-refractivity contribution in [3.8, 4) is 35.2 Å². The van der Waals surface area contributed by atoms with Crippen molar-refractivity contribution in [3.05, 3.63) is 272 Å². The Hall–Kier alpha value is -8.97. The van der Waals surface area contributed by atoms with Crippen molar-refractivity contribution in [1.82, 2.24) is 0 Å². The normalized spacial score (nSPS) is 11.2. The van der Waals surface area contributed by atoms with Crippen molar-refractivity contribution in [1.29, 1.82) is 0 Å². The van der Waals surface area contributed by atoms with E-state index in [0.29, 0.717) is 24.3 Å². The molecule has 0 atom stereocenters. The van der Waals surface area contributed by atoms with Gasteiger partial charge in [-0.25, -0.2) is 0 Å². The van der Waals surface area contributed by atoms with Crippen LogP contribution in [0.3, 0.4) is 0 Å². The Bertz CT molecular complexity index is 3120. The van der Waals surface area contributed by atoms with Crippen LogP contribution in [0.4, 0.5) is 0 Å². The van der Waals surface area contributed by atoms with Crippen LogP contribution in [-0.4, -0.2) is 28.9 Å². The number of Topliss-reactive ketones (excluding diaryl/α,β-unsaturated/α-hetero) is 5. The van der Waals surface area contributed by atoms with Crippen molar-refractivity contribution in [3.63, 3.8) is 0 Å². The van der Waals surface area contributed by atoms with Crippen LogP contribution in [0.15, 0.2) is 194 Å². The molecule has 0 N–H and O–H groups in total. The van der Waals surface area contributed by atoms with Crippen LogP contribution < -0.4 is 4.74 Å². The summed E-state index contributed by atoms with van der Waals surface area (Å²) in [4.78, 5) is 63.6. The number of benzene rings is 8. The standard InChI is InChI=1S/C48H30O5.C15H14O.C2H6/c49-45(37-13-5-31(6-14-37)1-3-33-9-11-35-17-19-41(35)29-33)47(51)39-21-25-43(26-22-39)53-44-27-23-40(24-28-44)48(52)46(50)38-15-7-32(8-16-38)2-4-34-10-12-36-18-20-42(36)30-34;16-15(11-13-7-3-1-4-8-13)12-14-9-5-2-6-10-14;1-2/h5-16,21-30H,17-20H2;1-10H,11-12H2;1-2H3. The zero-order chi connectivity index (χ0) is 49.5. The molecule has 6 nitrogen and oxygen atoms in total. The average Bonchev–Trinajstić information content (AvgIpc) is 3.40. The molecule has 346 valence electrons. The van der Waals surface area contributed by atoms with Gasteiger partial charge < -0.3 is 4.74 Å². The predicted molar refractivity (Wildman–Crippen MR) is 279 cm³/mol. The minimum absolute atomic E-state index is 0.232. The monoisotopic (exact) mass is 926 g/mol. The summed E-state index contributed by atoms with van der Waals surface area (Å²) >= 11 is 0. The van der Waals surface area contributed by atoms with Crippen LogP contribution in [0.5, 0.6) is 11.5 Å². The second-order valence-electron chi connectivity index (χ2n) is 17.0. The lowest BCUT2D eigenvalue weighted by Crippen LogP contribution is -2.14. The SMILES string of the molecule is CC.O=C(C(=O)c1ccc(Oc2ccc(C(=O)C(=O)c3ccc(C#Cc4ccc5c(c4)CC5)cc3)cc2)cc1)c1ccc(C#Cc2ccc3c(c2)CC3)cc1.O=C(Cc1ccccc1)Cc1ccccc1. The number of rotatable bonds is 12. The fourth-order valence-corrected chi connectivity index (χ4v) is 7.96. The summed E-state index contributed by atoms with van der Waals surface area (Å²) in [6.45, 7) is 4.00. The Morgan fingerprint density at radius 2 is 0.648 bits per heavy atom. The minimum Gasteiger partial charge on any atom is -0.457 e. The highest BCUT2D eigenvalue weighted by Crippen LogP contribution is 2.26. The minimum atomic E-state index is -0.632. The zero-order valence-electron chi connectivity index (χ0n) is 39.7. The summed E-state index contributed by atoms with van der Waals surface area (Å²) in [5, 5.41) is 0. The summed E-state index contributed by atoms with van der Waals surface area (Å²) < 4.78 is 5.89. The number of hydrogen-bond acceptors (Lipinski definition) is 6. The van der Waals surface area contributed by atoms with Gasteiger partial charge in [-0.3, -0.25) is 24.0 Å². The lowest BCUT2D eigenvalue weighted by molar-refractivity contribution is -0.117. The molecule has 0 unspecified atom stereocenters. The molecule has 0 aromatic heterocycles. The first-order valence-electron chi connectivity index (χ1n) is 23.8. The van der Waals surface area contributed by atoms with Gasteiger partial charge in [0.05, 0.1) is 0 Å². The molecule has 0 amide bonds. The van der Waals surface area contributed by atoms with E-state index >= 15 is 0 Å². The van der Waals surface area contributed by atoms with Gasteiger partial charge in [0, 0.05) is 57.3 Å². The van der Waals surface area contributed by atoms with E-state index in [1.54, 1.807) is 72.8 Å². The molecule has 6 heteroatoms. The van der Waals surface area contributed by atoms with E-state index in [2.05, 4.69) is 47.9 Å². The molecule has 0 saturated carbocycles. The molecule has 0 fully saturated rings. The van der Waals surface area contributed by atoms with Gasteiger partial charge in [-0.15, -0.1) is 0 Å². The van der Waals surface area contributed by atoms with Crippen LogP contribution in [-0.2, 0) is 43.3 Å². The highest BCUT2D eigenvalue weighted by atomic mass is 16.5. The van der Waals surface area contributed by atoms with E-state index in [1.807, 2.05) is 86.6 Å². The Balaban J connectivity index is 0.000000317. The van der Waals surface area contributed by atoms with E-state index in [9.17, 15) is 24.0 Å². The first-order chi connectivity index (χ1) is 34.7. The molecule has 0 radical (unpaired) electrons. The highest BCUT2D eigenvalue weighted by molar-refractivity contribution is 6.49. The van der Waals surface area contributed by atoms with Crippen molar-refractivity contribution in [2.24, 2.45) is 0 Å². The molecular weight excluding hydrogens is 877 g/mol. The molecule has 10 rings (SSSR count). The van der Waals surface area contributed by atoms with Crippen LogP contribution in [0.2, 0.25) is 0 Å². The summed E-state index contributed by atoms with van der Waals surface area (Å²) in [5.74, 6) is 11.2. The predicted octanol–water partition coefficient (Wildman–Crippen LogP) is 12.7. The second kappa shape index (κ2) is 23.4. The third-order valence-corrected chi connectivity index (χ3v) is 12.1. The Labute approximate surface area is 415 Å². The van der Waals surface area contributed by atoms with Crippen molar-refractivity contribution >= 4 is 28.9 Å². The average molecular weight is 927 g/mol. The molecule has 2 aliphatic carbocycles. The third-order valence-electron chi connectivity index (χ3n) is 12.1. The van der Waals surface area contributed by atoms with Gasteiger partial charge in [-0.2, -0.15) is 0 Å². The number of hydrogen-bond donors (Lipinski definition) is 0. The second-order valence-corrected chi connectivity index (χ2v) is 17.0. The van der Waals surface area contributed by atoms with Gasteiger partial charge >= 0.3 is 0 Å². The summed E-state index contributed by atoms with van der Waals surface area (Å²) in [6, 6.07) is 58.2. The van der Waals surface area contributed by atoms with Crippen LogP contribution in [0.1, 0.15) is 111 Å². The van der Waals surface area contributed by atoms with E-state index in [4.69, 9.17) is 4.74 Å². The molecule has 71 heavy (non-hydrogen) atoms. The third kappa shape index (κ3) is 12.8. The highest BCUT2D eigenvalue weighted by Gasteiger charge is 2.20. The number of ketones is 5. The maximum absolute atomic E-state index is 13.0. The molecule has 8 aromatic carbocycles. The van der Waals surface area contributed by atoms with Gasteiger partial charge in [0.2, 0.25) is 23.1 Å². The van der Waals surface area contributed by atoms with Crippen LogP contribution in [0.25, 0.3) is 0 Å². The van der Waals surface area contributed by atoms with Gasteiger partial charge in [0.1, 0.15) is 17.3 Å². The first kappa shape index (κ1) is 48.5. The number of carbonyl (C=O) groups excluding carboxylic acids is 5. The number of fused-ring (bicyclic) bond motifs is 2. The lowest BCUT2D eigenvalue weighted by atomic mass is 9.87. The molecule has 0 bridgehead atoms. The molecule has 2 aliphatic rings. The topological polar surface area (TPSA) is 94.6 Å². The summed E-state index contributed by atoms with van der Waals surface area (Å²) in [6.07, 6.45) is 5.50. The number of carbonyl (C=O) groups is 5. The first-order valence-corrected chi connectivity index (χ1v) is 23.8. The maximum atomic E-state index is 13.0. The molecule has 8 aromatic rings. The van der Waals surface area contributed by atoms with Gasteiger partial charge in [0.25, 0.3) is 0 Å². The van der Waals surface area contributed by atoms with Crippen molar-refractivity contribution < 1.29 is 28.7 Å². The maximum Gasteiger partial charge on any atom is 0.233 e. The molecular formula is C65H50O6. The smallest absolute Gasteiger partial charge is 0.233 e. The van der Waals surface area contributed by atoms with Crippen LogP contribution in [0, 0.1) is 23.7 Å². The van der Waals surface area contributed by atoms with Gasteiger partial charge in [0.15, 0.2) is 0 Å². The zero-order valence-corrected chi connectivity index (χ0v) is 39.7. The number of aryl methyl sites for hydroxylation is 4. The molecule has 0 aliphatic heterocycles. The Morgan fingerprint density at radius 1 is 0.352 bits per heavy atom. The fraction of sp³-hybridized carbons (Fsp3) is 0.123. The molecule has 0 spiro atoms. The molecule has 0 saturated heterocycles. The van der Waals surface area contributed by atoms with Crippen molar-refractivity contribution in [2.45, 2.75) is 52.4 Å². The van der Waals surface area contributed by atoms with Crippen molar-refractivity contribution in [2.75, 3.05) is 0 Å². The van der Waals surface area contributed by atoms with E-state index in [-0.39, 0.29) is 28.0 Å². The quantitative estimate of drug-likeness (QED) is 0.0688. The van der Waals surface area contributed by atoms with Crippen LogP contribution >= 0.6 is 0 Å². The fourth-order valence-electron chi connectivity index (χ4n) is 7.96. The lowest BCUT2D eigenvalue weighted by Gasteiger charge is -2.17. The summed E-state index contributed by atoms with van der Waals surface area (Å²) in [5.41, 5.74) is 12.1. The Kier molecular flexibility index (Phi) is 16.0. The van der Waals surface area contributed by atoms with Gasteiger partial charge in [-0.1, -0.05) is 110 Å².